The van der Waals surface area contributed by atoms with E-state index in [9.17, 15) is 8.42 Å². The Bertz CT molecular complexity index is 473. The number of rotatable bonds is 7. The van der Waals surface area contributed by atoms with Gasteiger partial charge >= 0.3 is 0 Å². The molecule has 7 heteroatoms. The maximum atomic E-state index is 12.2. The zero-order chi connectivity index (χ0) is 13.6. The predicted molar refractivity (Wildman–Crippen MR) is 78.5 cm³/mol. The van der Waals surface area contributed by atoms with Gasteiger partial charge in [-0.2, -0.15) is 0 Å². The van der Waals surface area contributed by atoms with Gasteiger partial charge in [-0.25, -0.2) is 13.1 Å². The van der Waals surface area contributed by atoms with Crippen LogP contribution in [0, 0.1) is 0 Å². The van der Waals surface area contributed by atoms with Crippen molar-refractivity contribution in [2.75, 3.05) is 19.0 Å². The van der Waals surface area contributed by atoms with Gasteiger partial charge in [0.25, 0.3) is 0 Å². The Morgan fingerprint density at radius 2 is 2.06 bits per heavy atom. The normalized spacial score (nSPS) is 13.5. The Balaban J connectivity index is 2.90. The first-order valence-electron chi connectivity index (χ1n) is 5.33. The van der Waals surface area contributed by atoms with Crippen molar-refractivity contribution in [3.63, 3.8) is 0 Å². The quantitative estimate of drug-likeness (QED) is 0.715. The van der Waals surface area contributed by atoms with E-state index < -0.39 is 10.0 Å². The fourth-order valence-corrected chi connectivity index (χ4v) is 4.27. The summed E-state index contributed by atoms with van der Waals surface area (Å²) in [7, 11) is -1.98. The molecule has 0 aromatic heterocycles. The van der Waals surface area contributed by atoms with Gasteiger partial charge in [-0.05, 0) is 34.5 Å². The van der Waals surface area contributed by atoms with E-state index in [-0.39, 0.29) is 10.9 Å². The van der Waals surface area contributed by atoms with Crippen LogP contribution in [-0.2, 0) is 14.8 Å². The molecule has 1 N–H and O–H groups in total. The average Bonchev–Trinajstić information content (AvgIpc) is 2.29. The molecule has 1 aromatic carbocycles. The number of sulfonamides is 1. The Hall–Kier alpha value is 0.0500. The second-order valence-electron chi connectivity index (χ2n) is 3.68. The van der Waals surface area contributed by atoms with Crippen LogP contribution >= 0.6 is 31.9 Å². The molecule has 102 valence electrons. The van der Waals surface area contributed by atoms with Gasteiger partial charge in [-0.3, -0.25) is 0 Å². The lowest BCUT2D eigenvalue weighted by Crippen LogP contribution is -2.38. The molecule has 1 rings (SSSR count). The molecule has 0 saturated carbocycles. The number of methoxy groups -OCH3 is 1. The van der Waals surface area contributed by atoms with Crippen LogP contribution in [0.4, 0.5) is 0 Å². The van der Waals surface area contributed by atoms with Crippen LogP contribution in [0.25, 0.3) is 0 Å². The summed E-state index contributed by atoms with van der Waals surface area (Å²) >= 11 is 6.54. The summed E-state index contributed by atoms with van der Waals surface area (Å²) in [5.41, 5.74) is 0. The lowest BCUT2D eigenvalue weighted by Gasteiger charge is -2.17. The van der Waals surface area contributed by atoms with Crippen molar-refractivity contribution >= 4 is 41.9 Å². The van der Waals surface area contributed by atoms with E-state index in [2.05, 4.69) is 36.6 Å². The molecule has 0 saturated heterocycles. The molecule has 0 radical (unpaired) electrons. The fourth-order valence-electron chi connectivity index (χ4n) is 1.45. The zero-order valence-corrected chi connectivity index (χ0v) is 13.9. The second kappa shape index (κ2) is 7.59. The molecule has 18 heavy (non-hydrogen) atoms. The van der Waals surface area contributed by atoms with Crippen LogP contribution in [0.3, 0.4) is 0 Å². The average molecular weight is 401 g/mol. The van der Waals surface area contributed by atoms with Crippen molar-refractivity contribution in [3.8, 4) is 0 Å². The van der Waals surface area contributed by atoms with Gasteiger partial charge in [-0.1, -0.05) is 28.1 Å². The molecule has 0 bridgehead atoms. The minimum absolute atomic E-state index is 0.237. The number of nitrogens with one attached hydrogen (secondary N) is 1. The van der Waals surface area contributed by atoms with Crippen molar-refractivity contribution in [1.29, 1.82) is 0 Å². The van der Waals surface area contributed by atoms with Crippen molar-refractivity contribution in [1.82, 2.24) is 4.72 Å². The monoisotopic (exact) mass is 399 g/mol. The third-order valence-electron chi connectivity index (χ3n) is 2.27. The molecule has 0 aliphatic carbocycles. The number of halogens is 2. The third-order valence-corrected chi connectivity index (χ3v) is 5.26. The van der Waals surface area contributed by atoms with E-state index in [1.165, 1.54) is 0 Å². The Morgan fingerprint density at radius 1 is 1.39 bits per heavy atom. The lowest BCUT2D eigenvalue weighted by atomic mass is 10.3. The van der Waals surface area contributed by atoms with Crippen LogP contribution in [0.15, 0.2) is 33.6 Å². The maximum absolute atomic E-state index is 12.2. The first-order chi connectivity index (χ1) is 8.51. The summed E-state index contributed by atoms with van der Waals surface area (Å²) in [5, 5.41) is 0.708. The van der Waals surface area contributed by atoms with Gasteiger partial charge in [0, 0.05) is 23.0 Å². The van der Waals surface area contributed by atoms with Crippen molar-refractivity contribution < 1.29 is 13.2 Å². The summed E-state index contributed by atoms with van der Waals surface area (Å²) in [6.07, 6.45) is 0.664. The largest absolute Gasteiger partial charge is 0.383 e. The van der Waals surface area contributed by atoms with E-state index in [4.69, 9.17) is 4.74 Å². The van der Waals surface area contributed by atoms with E-state index in [0.29, 0.717) is 22.8 Å². The predicted octanol–water partition coefficient (Wildman–Crippen LogP) is 2.53. The molecule has 1 aromatic rings. The molecule has 4 nitrogen and oxygen atoms in total. The lowest BCUT2D eigenvalue weighted by molar-refractivity contribution is 0.173. The second-order valence-corrected chi connectivity index (χ2v) is 7.01. The smallest absolute Gasteiger partial charge is 0.242 e. The molecule has 0 aliphatic heterocycles. The highest BCUT2D eigenvalue weighted by molar-refractivity contribution is 9.10. The zero-order valence-electron chi connectivity index (χ0n) is 9.90. The minimum Gasteiger partial charge on any atom is -0.383 e. The molecular weight excluding hydrogens is 386 g/mol. The van der Waals surface area contributed by atoms with E-state index >= 15 is 0 Å². The van der Waals surface area contributed by atoms with E-state index in [1.807, 2.05) is 0 Å². The van der Waals surface area contributed by atoms with Crippen molar-refractivity contribution in [3.05, 3.63) is 28.7 Å². The molecular formula is C11H15Br2NO3S. The molecule has 0 amide bonds. The van der Waals surface area contributed by atoms with Crippen LogP contribution in [0.1, 0.15) is 6.42 Å². The summed E-state index contributed by atoms with van der Waals surface area (Å²) in [6, 6.07) is 6.48. The van der Waals surface area contributed by atoms with E-state index in [0.717, 1.165) is 0 Å². The molecule has 0 aliphatic rings. The fraction of sp³-hybridized carbons (Fsp3) is 0.455. The molecule has 0 heterocycles. The minimum atomic E-state index is -3.53. The Morgan fingerprint density at radius 3 is 2.61 bits per heavy atom. The first-order valence-corrected chi connectivity index (χ1v) is 8.72. The SMILES string of the molecule is COCC(CCBr)NS(=O)(=O)c1ccccc1Br. The van der Waals surface area contributed by atoms with Gasteiger partial charge in [-0.15, -0.1) is 0 Å². The van der Waals surface area contributed by atoms with Crippen LogP contribution in [0.2, 0.25) is 0 Å². The number of benzene rings is 1. The van der Waals surface area contributed by atoms with Crippen molar-refractivity contribution in [2.45, 2.75) is 17.4 Å². The molecule has 1 atom stereocenters. The highest BCUT2D eigenvalue weighted by atomic mass is 79.9. The maximum Gasteiger partial charge on any atom is 0.242 e. The van der Waals surface area contributed by atoms with Crippen LogP contribution < -0.4 is 4.72 Å². The van der Waals surface area contributed by atoms with Gasteiger partial charge < -0.3 is 4.74 Å². The van der Waals surface area contributed by atoms with Gasteiger partial charge in [0.15, 0.2) is 0 Å². The van der Waals surface area contributed by atoms with Gasteiger partial charge in [0.1, 0.15) is 0 Å². The van der Waals surface area contributed by atoms with Gasteiger partial charge in [0.2, 0.25) is 10.0 Å². The summed E-state index contributed by atoms with van der Waals surface area (Å²) < 4.78 is 32.6. The molecule has 0 spiro atoms. The molecule has 0 fully saturated rings. The first kappa shape index (κ1) is 16.1. The number of hydrogen-bond donors (Lipinski definition) is 1. The Labute approximate surface area is 124 Å². The number of alkyl halides is 1. The topological polar surface area (TPSA) is 55.4 Å². The third kappa shape index (κ3) is 4.62. The summed E-state index contributed by atoms with van der Waals surface area (Å²) in [5.74, 6) is 0. The summed E-state index contributed by atoms with van der Waals surface area (Å²) in [4.78, 5) is 0.237. The van der Waals surface area contributed by atoms with Crippen molar-refractivity contribution in [2.24, 2.45) is 0 Å². The highest BCUT2D eigenvalue weighted by Crippen LogP contribution is 2.21. The van der Waals surface area contributed by atoms with Crippen LogP contribution in [-0.4, -0.2) is 33.5 Å². The number of hydrogen-bond acceptors (Lipinski definition) is 3. The van der Waals surface area contributed by atoms with Gasteiger partial charge in [0.05, 0.1) is 11.5 Å². The Kier molecular flexibility index (Phi) is 6.79. The molecule has 1 unspecified atom stereocenters. The summed E-state index contributed by atoms with van der Waals surface area (Å²) in [6.45, 7) is 0.343. The highest BCUT2D eigenvalue weighted by Gasteiger charge is 2.21. The van der Waals surface area contributed by atoms with Crippen LogP contribution in [0.5, 0.6) is 0 Å². The number of ether oxygens (including phenoxy) is 1. The van der Waals surface area contributed by atoms with E-state index in [1.54, 1.807) is 31.4 Å². The standard InChI is InChI=1S/C11H15Br2NO3S/c1-17-8-9(6-7-12)14-18(15,16)11-5-3-2-4-10(11)13/h2-5,9,14H,6-8H2,1H3.